The fraction of sp³-hybridized carbons (Fsp3) is 0.100. The van der Waals surface area contributed by atoms with E-state index in [1.807, 2.05) is 36.4 Å². The molecule has 3 aromatic rings. The second kappa shape index (κ2) is 9.82. The van der Waals surface area contributed by atoms with Crippen LogP contribution in [0.5, 0.6) is 5.75 Å². The fourth-order valence-electron chi connectivity index (χ4n) is 2.35. The summed E-state index contributed by atoms with van der Waals surface area (Å²) in [4.78, 5) is 12.4. The average molecular weight is 519 g/mol. The maximum absolute atomic E-state index is 12.4. The molecule has 0 saturated carbocycles. The lowest BCUT2D eigenvalue weighted by molar-refractivity contribution is -0.112. The van der Waals surface area contributed by atoms with Crippen molar-refractivity contribution in [2.24, 2.45) is 0 Å². The van der Waals surface area contributed by atoms with E-state index in [9.17, 15) is 18.5 Å². The van der Waals surface area contributed by atoms with Crippen molar-refractivity contribution in [1.29, 1.82) is 5.26 Å². The number of amides is 1. The molecule has 1 N–H and O–H groups in total. The number of hydrogen-bond acceptors (Lipinski definition) is 8. The van der Waals surface area contributed by atoms with Crippen LogP contribution in [0.4, 0.5) is 5.13 Å². The van der Waals surface area contributed by atoms with E-state index < -0.39 is 15.7 Å². The number of nitrogens with one attached hydrogen (secondary N) is 1. The fourth-order valence-corrected chi connectivity index (χ4v) is 4.36. The highest BCUT2D eigenvalue weighted by molar-refractivity contribution is 9.10. The van der Waals surface area contributed by atoms with Crippen LogP contribution in [-0.4, -0.2) is 30.8 Å². The van der Waals surface area contributed by atoms with E-state index in [1.165, 1.54) is 6.08 Å². The molecule has 0 aliphatic carbocycles. The lowest BCUT2D eigenvalue weighted by Crippen LogP contribution is -2.13. The van der Waals surface area contributed by atoms with Crippen LogP contribution in [-0.2, 0) is 21.2 Å². The third kappa shape index (κ3) is 6.21. The highest BCUT2D eigenvalue weighted by Gasteiger charge is 2.17. The van der Waals surface area contributed by atoms with E-state index in [2.05, 4.69) is 31.4 Å². The topological polar surface area (TPSA) is 122 Å². The molecule has 0 radical (unpaired) electrons. The first-order valence-corrected chi connectivity index (χ1v) is 12.2. The molecular weight excluding hydrogens is 504 g/mol. The number of sulfone groups is 1. The Balaban J connectivity index is 1.71. The number of nitriles is 1. The van der Waals surface area contributed by atoms with Gasteiger partial charge in [-0.25, -0.2) is 8.42 Å². The number of benzene rings is 2. The number of ether oxygens (including phenoxy) is 1. The molecular formula is C20H15BrN4O4S2. The smallest absolute Gasteiger partial charge is 0.268 e. The lowest BCUT2D eigenvalue weighted by Gasteiger charge is -2.09. The number of anilines is 1. The second-order valence-corrected chi connectivity index (χ2v) is 10.3. The SMILES string of the molecule is CS(=O)(=O)c1nnc(NC(=O)/C(C#N)=C\c2ccc(OCc3ccccc3)c(Br)c2)s1. The van der Waals surface area contributed by atoms with Gasteiger partial charge in [0.25, 0.3) is 5.91 Å². The van der Waals surface area contributed by atoms with Gasteiger partial charge in [0.15, 0.2) is 0 Å². The minimum absolute atomic E-state index is 0.0163. The summed E-state index contributed by atoms with van der Waals surface area (Å²) in [7, 11) is -3.53. The number of rotatable bonds is 7. The van der Waals surface area contributed by atoms with Crippen LogP contribution >= 0.6 is 27.3 Å². The molecule has 2 aromatic carbocycles. The Morgan fingerprint density at radius 2 is 2.00 bits per heavy atom. The zero-order valence-corrected chi connectivity index (χ0v) is 19.3. The molecule has 0 fully saturated rings. The van der Waals surface area contributed by atoms with Crippen molar-refractivity contribution < 1.29 is 17.9 Å². The van der Waals surface area contributed by atoms with E-state index >= 15 is 0 Å². The van der Waals surface area contributed by atoms with Gasteiger partial charge in [0.1, 0.15) is 24.0 Å². The summed E-state index contributed by atoms with van der Waals surface area (Å²) in [6.07, 6.45) is 2.39. The normalized spacial score (nSPS) is 11.6. The average Bonchev–Trinajstić information content (AvgIpc) is 3.21. The summed E-state index contributed by atoms with van der Waals surface area (Å²) in [5.74, 6) is -0.106. The van der Waals surface area contributed by atoms with Gasteiger partial charge < -0.3 is 4.74 Å². The van der Waals surface area contributed by atoms with Gasteiger partial charge in [0, 0.05) is 6.26 Å². The molecule has 0 atom stereocenters. The zero-order valence-electron chi connectivity index (χ0n) is 16.1. The maximum Gasteiger partial charge on any atom is 0.268 e. The molecule has 0 unspecified atom stereocenters. The number of carbonyl (C=O) groups excluding carboxylic acids is 1. The van der Waals surface area contributed by atoms with Crippen LogP contribution in [0.15, 0.2) is 62.9 Å². The first kappa shape index (κ1) is 22.6. The number of aromatic nitrogens is 2. The molecule has 1 heterocycles. The Morgan fingerprint density at radius 1 is 1.26 bits per heavy atom. The molecule has 0 spiro atoms. The minimum Gasteiger partial charge on any atom is -0.488 e. The largest absolute Gasteiger partial charge is 0.488 e. The third-order valence-electron chi connectivity index (χ3n) is 3.81. The van der Waals surface area contributed by atoms with Crippen LogP contribution in [0.2, 0.25) is 0 Å². The molecule has 1 amide bonds. The van der Waals surface area contributed by atoms with Crippen LogP contribution in [0, 0.1) is 11.3 Å². The number of hydrogen-bond donors (Lipinski definition) is 1. The summed E-state index contributed by atoms with van der Waals surface area (Å²) < 4.78 is 29.2. The summed E-state index contributed by atoms with van der Waals surface area (Å²) in [5, 5.41) is 18.9. The number of nitrogens with zero attached hydrogens (tertiary/aromatic N) is 3. The molecule has 0 aliphatic heterocycles. The van der Waals surface area contributed by atoms with Gasteiger partial charge in [-0.05, 0) is 45.3 Å². The Hall–Kier alpha value is -3.07. The van der Waals surface area contributed by atoms with E-state index in [0.717, 1.165) is 11.8 Å². The predicted molar refractivity (Wildman–Crippen MR) is 120 cm³/mol. The summed E-state index contributed by atoms with van der Waals surface area (Å²) >= 11 is 4.14. The van der Waals surface area contributed by atoms with Crippen LogP contribution < -0.4 is 10.1 Å². The Morgan fingerprint density at radius 3 is 2.61 bits per heavy atom. The van der Waals surface area contributed by atoms with Gasteiger partial charge in [-0.1, -0.05) is 47.7 Å². The second-order valence-electron chi connectivity index (χ2n) is 6.23. The number of carbonyl (C=O) groups is 1. The lowest BCUT2D eigenvalue weighted by atomic mass is 10.1. The zero-order chi connectivity index (χ0) is 22.4. The van der Waals surface area contributed by atoms with E-state index in [1.54, 1.807) is 18.2 Å². The summed E-state index contributed by atoms with van der Waals surface area (Å²) in [6, 6.07) is 16.7. The van der Waals surface area contributed by atoms with Crippen molar-refractivity contribution in [3.05, 3.63) is 69.7 Å². The summed E-state index contributed by atoms with van der Waals surface area (Å²) in [5.41, 5.74) is 1.44. The molecule has 31 heavy (non-hydrogen) atoms. The van der Waals surface area contributed by atoms with Gasteiger partial charge >= 0.3 is 0 Å². The van der Waals surface area contributed by atoms with Crippen molar-refractivity contribution >= 4 is 54.2 Å². The standard InChI is InChI=1S/C20H15BrN4O4S2/c1-31(27,28)20-25-24-19(30-20)23-18(26)15(11-22)9-14-7-8-17(16(21)10-14)29-12-13-5-3-2-4-6-13/h2-10H,12H2,1H3,(H,23,24,26)/b15-9-. The first-order valence-electron chi connectivity index (χ1n) is 8.69. The van der Waals surface area contributed by atoms with Gasteiger partial charge in [0.2, 0.25) is 19.3 Å². The van der Waals surface area contributed by atoms with Crippen LogP contribution in [0.25, 0.3) is 6.08 Å². The van der Waals surface area contributed by atoms with Gasteiger partial charge in [-0.15, -0.1) is 10.2 Å². The monoisotopic (exact) mass is 518 g/mol. The highest BCUT2D eigenvalue weighted by atomic mass is 79.9. The Labute approximate surface area is 191 Å². The molecule has 158 valence electrons. The Kier molecular flexibility index (Phi) is 7.17. The Bertz CT molecular complexity index is 1280. The van der Waals surface area contributed by atoms with E-state index in [0.29, 0.717) is 33.7 Å². The van der Waals surface area contributed by atoms with Crippen molar-refractivity contribution in [2.75, 3.05) is 11.6 Å². The van der Waals surface area contributed by atoms with Gasteiger partial charge in [-0.2, -0.15) is 5.26 Å². The molecule has 0 saturated heterocycles. The third-order valence-corrected chi connectivity index (χ3v) is 6.94. The van der Waals surface area contributed by atoms with Crippen LogP contribution in [0.1, 0.15) is 11.1 Å². The quantitative estimate of drug-likeness (QED) is 0.286. The van der Waals surface area contributed by atoms with Gasteiger partial charge in [0.05, 0.1) is 4.47 Å². The van der Waals surface area contributed by atoms with Crippen molar-refractivity contribution in [1.82, 2.24) is 10.2 Å². The molecule has 0 aliphatic rings. The highest BCUT2D eigenvalue weighted by Crippen LogP contribution is 2.28. The minimum atomic E-state index is -3.53. The maximum atomic E-state index is 12.4. The van der Waals surface area contributed by atoms with Crippen molar-refractivity contribution in [3.63, 3.8) is 0 Å². The van der Waals surface area contributed by atoms with Gasteiger partial charge in [-0.3, -0.25) is 10.1 Å². The molecule has 3 rings (SSSR count). The van der Waals surface area contributed by atoms with Crippen molar-refractivity contribution in [2.45, 2.75) is 10.9 Å². The predicted octanol–water partition coefficient (Wildman–Crippen LogP) is 3.83. The van der Waals surface area contributed by atoms with E-state index in [-0.39, 0.29) is 15.0 Å². The molecule has 11 heteroatoms. The van der Waals surface area contributed by atoms with E-state index in [4.69, 9.17) is 4.74 Å². The molecule has 0 bridgehead atoms. The molecule has 8 nitrogen and oxygen atoms in total. The number of halogens is 1. The molecule has 1 aromatic heterocycles. The summed E-state index contributed by atoms with van der Waals surface area (Å²) in [6.45, 7) is 0.401. The van der Waals surface area contributed by atoms with Crippen LogP contribution in [0.3, 0.4) is 0 Å². The van der Waals surface area contributed by atoms with Crippen molar-refractivity contribution in [3.8, 4) is 11.8 Å². The first-order chi connectivity index (χ1) is 14.8.